The minimum Gasteiger partial charge on any atom is -0.379 e. The van der Waals surface area contributed by atoms with E-state index in [2.05, 4.69) is 5.32 Å². The highest BCUT2D eigenvalue weighted by molar-refractivity contribution is 7.89. The highest BCUT2D eigenvalue weighted by atomic mass is 32.2. The Bertz CT molecular complexity index is 644. The molecule has 0 atom stereocenters. The van der Waals surface area contributed by atoms with E-state index in [-0.39, 0.29) is 16.8 Å². The molecule has 2 aliphatic rings. The van der Waals surface area contributed by atoms with Gasteiger partial charge in [-0.2, -0.15) is 4.31 Å². The predicted octanol–water partition coefficient (Wildman–Crippen LogP) is 1.83. The van der Waals surface area contributed by atoms with E-state index in [1.165, 1.54) is 28.1 Å². The highest BCUT2D eigenvalue weighted by Gasteiger charge is 2.28. The van der Waals surface area contributed by atoms with Crippen LogP contribution < -0.4 is 5.32 Å². The number of hydrogen-bond donors (Lipinski definition) is 1. The standard InChI is InChI=1S/C15H22N2O4S2/c18-15(16-12-4-2-1-3-5-12)14-10-13(11-22-14)23(19,20)17-6-8-21-9-7-17/h10-12H,1-9H2,(H,16,18). The molecule has 1 aromatic rings. The topological polar surface area (TPSA) is 75.7 Å². The molecule has 128 valence electrons. The van der Waals surface area contributed by atoms with Crippen LogP contribution >= 0.6 is 11.3 Å². The van der Waals surface area contributed by atoms with Crippen molar-refractivity contribution in [2.24, 2.45) is 0 Å². The van der Waals surface area contributed by atoms with Crippen LogP contribution in [0.5, 0.6) is 0 Å². The molecule has 8 heteroatoms. The van der Waals surface area contributed by atoms with Crippen molar-refractivity contribution in [2.75, 3.05) is 26.3 Å². The maximum atomic E-state index is 12.6. The van der Waals surface area contributed by atoms with Gasteiger partial charge >= 0.3 is 0 Å². The fourth-order valence-electron chi connectivity index (χ4n) is 3.01. The first-order valence-electron chi connectivity index (χ1n) is 8.04. The second-order valence-corrected chi connectivity index (χ2v) is 8.82. The SMILES string of the molecule is O=C(NC1CCCCC1)c1cc(S(=O)(=O)N2CCOCC2)cs1. The van der Waals surface area contributed by atoms with Gasteiger partial charge in [0.2, 0.25) is 10.0 Å². The van der Waals surface area contributed by atoms with Gasteiger partial charge < -0.3 is 10.1 Å². The molecule has 1 aliphatic heterocycles. The lowest BCUT2D eigenvalue weighted by Gasteiger charge is -2.25. The Morgan fingerprint density at radius 1 is 1.22 bits per heavy atom. The summed E-state index contributed by atoms with van der Waals surface area (Å²) in [6, 6.07) is 1.71. The highest BCUT2D eigenvalue weighted by Crippen LogP contribution is 2.24. The van der Waals surface area contributed by atoms with Gasteiger partial charge in [0.25, 0.3) is 5.91 Å². The van der Waals surface area contributed by atoms with E-state index in [9.17, 15) is 13.2 Å². The van der Waals surface area contributed by atoms with Gasteiger partial charge in [-0.15, -0.1) is 11.3 Å². The van der Waals surface area contributed by atoms with E-state index in [1.54, 1.807) is 5.38 Å². The molecule has 0 unspecified atom stereocenters. The minimum absolute atomic E-state index is 0.162. The van der Waals surface area contributed by atoms with E-state index >= 15 is 0 Å². The first kappa shape index (κ1) is 16.9. The number of carbonyl (C=O) groups is 1. The summed E-state index contributed by atoms with van der Waals surface area (Å²) >= 11 is 1.19. The fourth-order valence-corrected chi connectivity index (χ4v) is 5.58. The maximum Gasteiger partial charge on any atom is 0.261 e. The number of hydrogen-bond acceptors (Lipinski definition) is 5. The normalized spacial score (nSPS) is 21.2. The van der Waals surface area contributed by atoms with E-state index in [4.69, 9.17) is 4.74 Å². The number of ether oxygens (including phenoxy) is 1. The molecule has 2 heterocycles. The molecule has 0 spiro atoms. The quantitative estimate of drug-likeness (QED) is 0.891. The van der Waals surface area contributed by atoms with Crippen LogP contribution in [-0.4, -0.2) is 51.0 Å². The summed E-state index contributed by atoms with van der Waals surface area (Å²) in [4.78, 5) is 13.0. The van der Waals surface area contributed by atoms with Crippen LogP contribution in [0.3, 0.4) is 0 Å². The number of amides is 1. The third kappa shape index (κ3) is 3.93. The van der Waals surface area contributed by atoms with Gasteiger partial charge in [0, 0.05) is 24.5 Å². The fraction of sp³-hybridized carbons (Fsp3) is 0.667. The van der Waals surface area contributed by atoms with Gasteiger partial charge in [-0.1, -0.05) is 19.3 Å². The molecule has 1 aliphatic carbocycles. The van der Waals surface area contributed by atoms with Gasteiger partial charge in [-0.25, -0.2) is 8.42 Å². The number of morpholine rings is 1. The Labute approximate surface area is 140 Å². The summed E-state index contributed by atoms with van der Waals surface area (Å²) in [7, 11) is -3.52. The molecule has 2 fully saturated rings. The molecule has 0 bridgehead atoms. The van der Waals surface area contributed by atoms with Crippen LogP contribution in [0.1, 0.15) is 41.8 Å². The zero-order valence-electron chi connectivity index (χ0n) is 13.0. The molecule has 6 nitrogen and oxygen atoms in total. The van der Waals surface area contributed by atoms with Crippen LogP contribution in [0.25, 0.3) is 0 Å². The largest absolute Gasteiger partial charge is 0.379 e. The lowest BCUT2D eigenvalue weighted by atomic mass is 9.95. The molecule has 0 radical (unpaired) electrons. The Morgan fingerprint density at radius 3 is 2.61 bits per heavy atom. The average Bonchev–Trinajstić information content (AvgIpc) is 3.07. The van der Waals surface area contributed by atoms with E-state index in [0.29, 0.717) is 31.2 Å². The van der Waals surface area contributed by atoms with Crippen molar-refractivity contribution in [3.63, 3.8) is 0 Å². The smallest absolute Gasteiger partial charge is 0.261 e. The van der Waals surface area contributed by atoms with Crippen molar-refractivity contribution in [1.82, 2.24) is 9.62 Å². The third-order valence-electron chi connectivity index (χ3n) is 4.35. The van der Waals surface area contributed by atoms with Crippen LogP contribution in [-0.2, 0) is 14.8 Å². The second-order valence-electron chi connectivity index (χ2n) is 5.97. The lowest BCUT2D eigenvalue weighted by Crippen LogP contribution is -2.40. The summed E-state index contributed by atoms with van der Waals surface area (Å²) in [5, 5.41) is 4.58. The number of carbonyl (C=O) groups excluding carboxylic acids is 1. The molecule has 1 saturated heterocycles. The van der Waals surface area contributed by atoms with Crippen molar-refractivity contribution in [3.8, 4) is 0 Å². The minimum atomic E-state index is -3.52. The molecule has 1 aromatic heterocycles. The van der Waals surface area contributed by atoms with Crippen LogP contribution in [0.15, 0.2) is 16.3 Å². The van der Waals surface area contributed by atoms with Crippen LogP contribution in [0.4, 0.5) is 0 Å². The predicted molar refractivity (Wildman–Crippen MR) is 88.2 cm³/mol. The van der Waals surface area contributed by atoms with Crippen molar-refractivity contribution in [2.45, 2.75) is 43.0 Å². The Balaban J connectivity index is 1.68. The molecule has 1 saturated carbocycles. The summed E-state index contributed by atoms with van der Waals surface area (Å²) in [5.41, 5.74) is 0. The average molecular weight is 358 g/mol. The molecule has 1 amide bonds. The van der Waals surface area contributed by atoms with Gasteiger partial charge in [0.05, 0.1) is 23.0 Å². The van der Waals surface area contributed by atoms with Gasteiger partial charge in [0.15, 0.2) is 0 Å². The molecule has 23 heavy (non-hydrogen) atoms. The molecule has 0 aromatic carbocycles. The number of thiophene rings is 1. The number of nitrogens with zero attached hydrogens (tertiary/aromatic N) is 1. The maximum absolute atomic E-state index is 12.6. The van der Waals surface area contributed by atoms with Gasteiger partial charge in [-0.05, 0) is 18.9 Å². The summed E-state index contributed by atoms with van der Waals surface area (Å²) in [6.07, 6.45) is 5.54. The number of sulfonamides is 1. The molecular formula is C15H22N2O4S2. The summed E-state index contributed by atoms with van der Waals surface area (Å²) < 4.78 is 31.7. The second kappa shape index (κ2) is 7.29. The van der Waals surface area contributed by atoms with Crippen molar-refractivity contribution in [3.05, 3.63) is 16.3 Å². The van der Waals surface area contributed by atoms with Gasteiger partial charge in [-0.3, -0.25) is 4.79 Å². The zero-order valence-corrected chi connectivity index (χ0v) is 14.6. The Morgan fingerprint density at radius 2 is 1.91 bits per heavy atom. The van der Waals surface area contributed by atoms with Crippen LogP contribution in [0.2, 0.25) is 0 Å². The third-order valence-corrected chi connectivity index (χ3v) is 7.30. The monoisotopic (exact) mass is 358 g/mol. The Hall–Kier alpha value is -0.960. The van der Waals surface area contributed by atoms with Crippen LogP contribution in [0, 0.1) is 0 Å². The van der Waals surface area contributed by atoms with E-state index in [0.717, 1.165) is 25.7 Å². The Kier molecular flexibility index (Phi) is 5.35. The number of nitrogens with one attached hydrogen (secondary N) is 1. The first-order chi connectivity index (χ1) is 11.1. The van der Waals surface area contributed by atoms with Gasteiger partial charge in [0.1, 0.15) is 0 Å². The molecule has 1 N–H and O–H groups in total. The van der Waals surface area contributed by atoms with Crippen molar-refractivity contribution < 1.29 is 17.9 Å². The number of rotatable bonds is 4. The lowest BCUT2D eigenvalue weighted by molar-refractivity contribution is 0.0730. The van der Waals surface area contributed by atoms with Crippen molar-refractivity contribution >= 4 is 27.3 Å². The first-order valence-corrected chi connectivity index (χ1v) is 10.4. The molecule has 3 rings (SSSR count). The summed E-state index contributed by atoms with van der Waals surface area (Å²) in [6.45, 7) is 1.56. The van der Waals surface area contributed by atoms with E-state index in [1.807, 2.05) is 0 Å². The summed E-state index contributed by atoms with van der Waals surface area (Å²) in [5.74, 6) is -0.162. The zero-order chi connectivity index (χ0) is 16.3. The van der Waals surface area contributed by atoms with Crippen molar-refractivity contribution in [1.29, 1.82) is 0 Å². The van der Waals surface area contributed by atoms with E-state index < -0.39 is 10.0 Å². The molecular weight excluding hydrogens is 336 g/mol.